The number of amides is 2. The summed E-state index contributed by atoms with van der Waals surface area (Å²) in [5, 5.41) is 31.9. The molecule has 10 nitrogen and oxygen atoms in total. The molecule has 3 N–H and O–H groups in total. The summed E-state index contributed by atoms with van der Waals surface area (Å²) in [7, 11) is 0. The second kappa shape index (κ2) is 10.7. The number of rotatable bonds is 9. The van der Waals surface area contributed by atoms with Crippen LogP contribution >= 0.6 is 46.2 Å². The van der Waals surface area contributed by atoms with Crippen molar-refractivity contribution in [3.8, 4) is 0 Å². The maximum atomic E-state index is 12.2. The Morgan fingerprint density at radius 1 is 0.839 bits per heavy atom. The van der Waals surface area contributed by atoms with Gasteiger partial charge >= 0.3 is 5.97 Å². The van der Waals surface area contributed by atoms with Gasteiger partial charge in [-0.15, -0.1) is 20.4 Å². The Labute approximate surface area is 193 Å². The molecule has 0 spiro atoms. The van der Waals surface area contributed by atoms with Gasteiger partial charge in [0.15, 0.2) is 8.68 Å². The van der Waals surface area contributed by atoms with Crippen molar-refractivity contribution in [2.45, 2.75) is 22.5 Å². The molecule has 31 heavy (non-hydrogen) atoms. The fourth-order valence-electron chi connectivity index (χ4n) is 2.22. The maximum absolute atomic E-state index is 12.2. The molecule has 3 rings (SSSR count). The summed E-state index contributed by atoms with van der Waals surface area (Å²) in [6.45, 7) is 3.64. The lowest BCUT2D eigenvalue weighted by Gasteiger charge is -2.10. The van der Waals surface area contributed by atoms with Crippen LogP contribution in [0.2, 0.25) is 0 Å². The van der Waals surface area contributed by atoms with Crippen molar-refractivity contribution in [1.29, 1.82) is 0 Å². The number of thioether (sulfide) groups is 2. The van der Waals surface area contributed by atoms with Crippen molar-refractivity contribution in [1.82, 2.24) is 20.4 Å². The van der Waals surface area contributed by atoms with E-state index in [0.29, 0.717) is 8.68 Å². The third-order valence-electron chi connectivity index (χ3n) is 3.42. The Hall–Kier alpha value is -2.55. The van der Waals surface area contributed by atoms with Gasteiger partial charge in [-0.05, 0) is 32.0 Å². The number of benzene rings is 1. The van der Waals surface area contributed by atoms with Crippen LogP contribution in [-0.2, 0) is 9.59 Å². The molecule has 2 aromatic heterocycles. The molecular weight excluding hydrogens is 480 g/mol. The van der Waals surface area contributed by atoms with Crippen LogP contribution < -0.4 is 10.6 Å². The highest BCUT2D eigenvalue weighted by Crippen LogP contribution is 2.25. The van der Waals surface area contributed by atoms with Crippen molar-refractivity contribution < 1.29 is 19.5 Å². The highest BCUT2D eigenvalue weighted by molar-refractivity contribution is 8.01. The minimum absolute atomic E-state index is 0.0621. The van der Waals surface area contributed by atoms with Gasteiger partial charge < -0.3 is 15.7 Å². The number of carbonyl (C=O) groups excluding carboxylic acids is 2. The average Bonchev–Trinajstić information content (AvgIpc) is 3.32. The molecule has 2 amide bonds. The third kappa shape index (κ3) is 7.27. The number of hydrogen-bond donors (Lipinski definition) is 3. The Morgan fingerprint density at radius 3 is 1.65 bits per heavy atom. The summed E-state index contributed by atoms with van der Waals surface area (Å²) in [6.07, 6.45) is 0. The molecule has 162 valence electrons. The predicted octanol–water partition coefficient (Wildman–Crippen LogP) is 3.17. The zero-order chi connectivity index (χ0) is 22.4. The molecule has 0 bridgehead atoms. The van der Waals surface area contributed by atoms with Gasteiger partial charge in [0.05, 0.1) is 17.1 Å². The first-order valence-corrected chi connectivity index (χ1v) is 12.2. The van der Waals surface area contributed by atoms with E-state index in [-0.39, 0.29) is 40.3 Å². The van der Waals surface area contributed by atoms with Gasteiger partial charge in [0, 0.05) is 11.4 Å². The average molecular weight is 497 g/mol. The van der Waals surface area contributed by atoms with E-state index in [1.807, 2.05) is 13.8 Å². The van der Waals surface area contributed by atoms with E-state index in [0.717, 1.165) is 10.0 Å². The van der Waals surface area contributed by atoms with Crippen LogP contribution in [0.1, 0.15) is 20.4 Å². The van der Waals surface area contributed by atoms with E-state index < -0.39 is 5.97 Å². The van der Waals surface area contributed by atoms with E-state index in [2.05, 4.69) is 31.0 Å². The summed E-state index contributed by atoms with van der Waals surface area (Å²) in [6, 6.07) is 4.16. The molecule has 0 fully saturated rings. The summed E-state index contributed by atoms with van der Waals surface area (Å²) < 4.78 is 1.34. The molecule has 0 unspecified atom stereocenters. The van der Waals surface area contributed by atoms with Crippen LogP contribution in [0.25, 0.3) is 0 Å². The van der Waals surface area contributed by atoms with Gasteiger partial charge in [0.25, 0.3) is 0 Å². The monoisotopic (exact) mass is 496 g/mol. The number of carbonyl (C=O) groups is 3. The highest BCUT2D eigenvalue weighted by atomic mass is 32.2. The van der Waals surface area contributed by atoms with Crippen LogP contribution in [-0.4, -0.2) is 54.8 Å². The van der Waals surface area contributed by atoms with Crippen LogP contribution in [0.3, 0.4) is 0 Å². The minimum atomic E-state index is -1.18. The van der Waals surface area contributed by atoms with Gasteiger partial charge in [0.1, 0.15) is 10.0 Å². The molecule has 0 atom stereocenters. The lowest BCUT2D eigenvalue weighted by Crippen LogP contribution is -2.17. The molecule has 0 aliphatic rings. The molecular formula is C17H16N6O4S4. The first-order chi connectivity index (χ1) is 14.8. The predicted molar refractivity (Wildman–Crippen MR) is 121 cm³/mol. The van der Waals surface area contributed by atoms with E-state index in [9.17, 15) is 19.5 Å². The van der Waals surface area contributed by atoms with Crippen LogP contribution in [0.15, 0.2) is 26.9 Å². The van der Waals surface area contributed by atoms with Gasteiger partial charge in [-0.1, -0.05) is 46.2 Å². The van der Waals surface area contributed by atoms with Crippen LogP contribution in [0.5, 0.6) is 0 Å². The number of hydrogen-bond acceptors (Lipinski definition) is 11. The van der Waals surface area contributed by atoms with E-state index in [1.54, 1.807) is 0 Å². The van der Waals surface area contributed by atoms with Gasteiger partial charge in [0.2, 0.25) is 11.8 Å². The van der Waals surface area contributed by atoms with Crippen molar-refractivity contribution in [3.63, 3.8) is 0 Å². The number of anilines is 2. The number of carboxylic acid groups (broad SMARTS) is 1. The first-order valence-electron chi connectivity index (χ1n) is 8.62. The molecule has 0 aliphatic carbocycles. The number of aromatic nitrogens is 4. The van der Waals surface area contributed by atoms with E-state index in [1.165, 1.54) is 64.4 Å². The summed E-state index contributed by atoms with van der Waals surface area (Å²) >= 11 is 5.23. The van der Waals surface area contributed by atoms with Crippen molar-refractivity contribution in [2.24, 2.45) is 0 Å². The zero-order valence-corrected chi connectivity index (χ0v) is 19.5. The number of aryl methyl sites for hydroxylation is 2. The van der Waals surface area contributed by atoms with Gasteiger partial charge in [-0.2, -0.15) is 0 Å². The normalized spacial score (nSPS) is 10.6. The first kappa shape index (κ1) is 23.1. The number of aromatic carboxylic acids is 1. The molecule has 0 saturated carbocycles. The lowest BCUT2D eigenvalue weighted by atomic mass is 10.1. The fourth-order valence-corrected chi connectivity index (χ4v) is 5.45. The Morgan fingerprint density at radius 2 is 1.29 bits per heavy atom. The highest BCUT2D eigenvalue weighted by Gasteiger charge is 2.13. The summed E-state index contributed by atoms with van der Waals surface area (Å²) in [4.78, 5) is 35.9. The summed E-state index contributed by atoms with van der Waals surface area (Å²) in [5.41, 5.74) is 0.469. The number of nitrogens with zero attached hydrogens (tertiary/aromatic N) is 4. The summed E-state index contributed by atoms with van der Waals surface area (Å²) in [5.74, 6) is -1.67. The van der Waals surface area contributed by atoms with E-state index >= 15 is 0 Å². The Balaban J connectivity index is 1.61. The molecule has 0 radical (unpaired) electrons. The molecule has 0 aliphatic heterocycles. The second-order valence-corrected chi connectivity index (χ2v) is 10.8. The molecule has 3 aromatic rings. The SMILES string of the molecule is Cc1nnc(SCC(=O)Nc2cc(NC(=O)CSc3nnc(C)s3)cc(C(=O)O)c2)s1. The molecule has 0 saturated heterocycles. The standard InChI is InChI=1S/C17H16N6O4S4/c1-8-20-22-16(30-8)28-6-13(24)18-11-3-10(15(26)27)4-12(5-11)19-14(25)7-29-17-23-21-9(2)31-17/h3-5H,6-7H2,1-2H3,(H,18,24)(H,19,25)(H,26,27). The molecule has 1 aromatic carbocycles. The largest absolute Gasteiger partial charge is 0.478 e. The molecule has 2 heterocycles. The second-order valence-electron chi connectivity index (χ2n) is 5.95. The molecule has 14 heteroatoms. The fraction of sp³-hybridized carbons (Fsp3) is 0.235. The number of nitrogens with one attached hydrogen (secondary N) is 2. The van der Waals surface area contributed by atoms with Gasteiger partial charge in [-0.3, -0.25) is 9.59 Å². The quantitative estimate of drug-likeness (QED) is 0.377. The third-order valence-corrected chi connectivity index (χ3v) is 7.36. The van der Waals surface area contributed by atoms with Gasteiger partial charge in [-0.25, -0.2) is 4.79 Å². The Bertz CT molecular complexity index is 1040. The number of carboxylic acids is 1. The Kier molecular flexibility index (Phi) is 7.95. The maximum Gasteiger partial charge on any atom is 0.335 e. The zero-order valence-electron chi connectivity index (χ0n) is 16.2. The van der Waals surface area contributed by atoms with Crippen molar-refractivity contribution in [2.75, 3.05) is 22.1 Å². The lowest BCUT2D eigenvalue weighted by molar-refractivity contribution is -0.114. The van der Waals surface area contributed by atoms with Crippen LogP contribution in [0, 0.1) is 13.8 Å². The van der Waals surface area contributed by atoms with E-state index in [4.69, 9.17) is 0 Å². The van der Waals surface area contributed by atoms with Crippen LogP contribution in [0.4, 0.5) is 11.4 Å². The van der Waals surface area contributed by atoms with Crippen molar-refractivity contribution in [3.05, 3.63) is 33.8 Å². The van der Waals surface area contributed by atoms with Crippen molar-refractivity contribution >= 4 is 75.4 Å². The smallest absolute Gasteiger partial charge is 0.335 e. The minimum Gasteiger partial charge on any atom is -0.478 e. The topological polar surface area (TPSA) is 147 Å².